The molecule has 45 heavy (non-hydrogen) atoms. The molecule has 0 bridgehead atoms. The number of amides is 1. The standard InChI is InChI=1S/C30H31ClF3N5O5S/c31-22-9-7-21(8-10-22)29(13-14-29)39-27-36-25(37-28(38-27)44-18-30(32,33)34)16-19-3-5-20(6-4-19)26(41)35-15-1-2-23(40)17-45(42,43)24-11-12-24/h3-10,24H,1-2,11-18H2,(H,35,41)(H,36,37,38,39). The van der Waals surface area contributed by atoms with Gasteiger partial charge in [0.15, 0.2) is 16.4 Å². The number of hydrogen-bond donors (Lipinski definition) is 2. The molecule has 0 saturated heterocycles. The highest BCUT2D eigenvalue weighted by molar-refractivity contribution is 7.93. The SMILES string of the molecule is O=C(CCCNC(=O)c1ccc(Cc2nc(NC3(c4ccc(Cl)cc4)CC3)nc(OCC(F)(F)F)n2)cc1)CS(=O)(=O)C1CC1. The molecule has 2 aromatic carbocycles. The lowest BCUT2D eigenvalue weighted by Gasteiger charge is -2.19. The Morgan fingerprint density at radius 3 is 2.31 bits per heavy atom. The maximum Gasteiger partial charge on any atom is 0.422 e. The monoisotopic (exact) mass is 665 g/mol. The van der Waals surface area contributed by atoms with E-state index in [1.165, 1.54) is 0 Å². The molecule has 1 amide bonds. The number of carbonyl (C=O) groups is 2. The first-order chi connectivity index (χ1) is 21.3. The average molecular weight is 666 g/mol. The van der Waals surface area contributed by atoms with Crippen molar-refractivity contribution in [3.8, 4) is 6.01 Å². The predicted octanol–water partition coefficient (Wildman–Crippen LogP) is 4.81. The van der Waals surface area contributed by atoms with Gasteiger partial charge in [-0.2, -0.15) is 28.1 Å². The average Bonchev–Trinajstić information content (AvgIpc) is 3.90. The predicted molar refractivity (Wildman–Crippen MR) is 160 cm³/mol. The number of benzene rings is 2. The topological polar surface area (TPSA) is 140 Å². The highest BCUT2D eigenvalue weighted by Gasteiger charge is 2.45. The summed E-state index contributed by atoms with van der Waals surface area (Å²) in [5.74, 6) is -0.941. The van der Waals surface area contributed by atoms with Crippen LogP contribution in [0.1, 0.15) is 65.8 Å². The molecule has 10 nitrogen and oxygen atoms in total. The summed E-state index contributed by atoms with van der Waals surface area (Å²) in [6.07, 6.45) is -1.33. The van der Waals surface area contributed by atoms with Gasteiger partial charge in [-0.3, -0.25) is 9.59 Å². The normalized spacial score (nSPS) is 15.7. The molecule has 240 valence electrons. The maximum absolute atomic E-state index is 12.9. The van der Waals surface area contributed by atoms with Crippen LogP contribution in [0.2, 0.25) is 5.02 Å². The van der Waals surface area contributed by atoms with Gasteiger partial charge in [0.1, 0.15) is 17.4 Å². The van der Waals surface area contributed by atoms with Gasteiger partial charge in [-0.15, -0.1) is 0 Å². The highest BCUT2D eigenvalue weighted by atomic mass is 35.5. The van der Waals surface area contributed by atoms with Gasteiger partial charge < -0.3 is 15.4 Å². The van der Waals surface area contributed by atoms with E-state index in [1.807, 2.05) is 12.1 Å². The van der Waals surface area contributed by atoms with E-state index >= 15 is 0 Å². The maximum atomic E-state index is 12.9. The van der Waals surface area contributed by atoms with E-state index < -0.39 is 39.9 Å². The Hall–Kier alpha value is -3.78. The van der Waals surface area contributed by atoms with E-state index in [2.05, 4.69) is 25.6 Å². The van der Waals surface area contributed by atoms with Crippen LogP contribution in [0, 0.1) is 0 Å². The molecule has 3 aromatic rings. The zero-order valence-electron chi connectivity index (χ0n) is 24.1. The van der Waals surface area contributed by atoms with Crippen LogP contribution in [0.3, 0.4) is 0 Å². The number of aromatic nitrogens is 3. The fourth-order valence-corrected chi connectivity index (χ4v) is 6.53. The number of ketones is 1. The Bertz CT molecular complexity index is 1650. The molecule has 0 unspecified atom stereocenters. The molecule has 0 aliphatic heterocycles. The van der Waals surface area contributed by atoms with Gasteiger partial charge in [0.2, 0.25) is 5.95 Å². The Labute approximate surface area is 263 Å². The molecule has 5 rings (SSSR count). The molecule has 0 atom stereocenters. The fourth-order valence-electron chi connectivity index (χ4n) is 4.73. The number of hydrogen-bond acceptors (Lipinski definition) is 9. The lowest BCUT2D eigenvalue weighted by molar-refractivity contribution is -0.154. The summed E-state index contributed by atoms with van der Waals surface area (Å²) in [6, 6.07) is 13.3. The number of alkyl halides is 3. The van der Waals surface area contributed by atoms with Gasteiger partial charge in [0.25, 0.3) is 5.91 Å². The number of nitrogens with zero attached hydrogens (tertiary/aromatic N) is 3. The number of sulfone groups is 1. The molecular formula is C30H31ClF3N5O5S. The Balaban J connectivity index is 1.19. The first-order valence-electron chi connectivity index (χ1n) is 14.4. The van der Waals surface area contributed by atoms with Crippen LogP contribution >= 0.6 is 11.6 Å². The van der Waals surface area contributed by atoms with Crippen LogP contribution in [0.4, 0.5) is 19.1 Å². The van der Waals surface area contributed by atoms with Crippen molar-refractivity contribution >= 4 is 39.1 Å². The molecule has 2 fully saturated rings. The minimum Gasteiger partial charge on any atom is -0.454 e. The fraction of sp³-hybridized carbons (Fsp3) is 0.433. The van der Waals surface area contributed by atoms with Crippen LogP contribution in [0.25, 0.3) is 0 Å². The third-order valence-corrected chi connectivity index (χ3v) is 9.88. The molecule has 1 heterocycles. The van der Waals surface area contributed by atoms with E-state index in [1.54, 1.807) is 36.4 Å². The van der Waals surface area contributed by atoms with E-state index in [-0.39, 0.29) is 48.1 Å². The van der Waals surface area contributed by atoms with Crippen LogP contribution in [0.5, 0.6) is 6.01 Å². The van der Waals surface area contributed by atoms with Crippen molar-refractivity contribution in [2.24, 2.45) is 0 Å². The zero-order chi connectivity index (χ0) is 32.2. The zero-order valence-corrected chi connectivity index (χ0v) is 25.6. The minimum absolute atomic E-state index is 0.0590. The second kappa shape index (κ2) is 13.3. The lowest BCUT2D eigenvalue weighted by Crippen LogP contribution is -2.26. The summed E-state index contributed by atoms with van der Waals surface area (Å²) >= 11 is 6.01. The van der Waals surface area contributed by atoms with Crippen molar-refractivity contribution < 1.29 is 35.9 Å². The van der Waals surface area contributed by atoms with Gasteiger partial charge >= 0.3 is 12.2 Å². The van der Waals surface area contributed by atoms with Crippen LogP contribution in [-0.4, -0.2) is 65.4 Å². The number of carbonyl (C=O) groups excluding carboxylic acids is 2. The summed E-state index contributed by atoms with van der Waals surface area (Å²) in [7, 11) is -3.35. The molecule has 2 N–H and O–H groups in total. The van der Waals surface area contributed by atoms with Crippen molar-refractivity contribution in [1.82, 2.24) is 20.3 Å². The molecule has 15 heteroatoms. The third-order valence-electron chi connectivity index (χ3n) is 7.41. The Kier molecular flexibility index (Phi) is 9.63. The van der Waals surface area contributed by atoms with Crippen LogP contribution in [-0.2, 0) is 26.6 Å². The quantitative estimate of drug-likeness (QED) is 0.219. The van der Waals surface area contributed by atoms with Crippen molar-refractivity contribution in [2.45, 2.75) is 61.9 Å². The van der Waals surface area contributed by atoms with Gasteiger partial charge in [-0.1, -0.05) is 35.9 Å². The second-order valence-corrected chi connectivity index (χ2v) is 14.0. The summed E-state index contributed by atoms with van der Waals surface area (Å²) in [5, 5.41) is 6.14. The van der Waals surface area contributed by atoms with E-state index in [0.717, 1.165) is 18.4 Å². The molecule has 0 spiro atoms. The third kappa shape index (κ3) is 9.36. The van der Waals surface area contributed by atoms with Gasteiger partial charge in [0, 0.05) is 30.0 Å². The number of halogens is 4. The summed E-state index contributed by atoms with van der Waals surface area (Å²) in [5.41, 5.74) is 1.49. The van der Waals surface area contributed by atoms with Gasteiger partial charge in [-0.25, -0.2) is 8.42 Å². The lowest BCUT2D eigenvalue weighted by atomic mass is 10.1. The molecular weight excluding hydrogens is 635 g/mol. The van der Waals surface area contributed by atoms with Crippen molar-refractivity contribution in [2.75, 3.05) is 24.2 Å². The highest BCUT2D eigenvalue weighted by Crippen LogP contribution is 2.48. The van der Waals surface area contributed by atoms with Crippen LogP contribution < -0.4 is 15.4 Å². The number of rotatable bonds is 15. The molecule has 1 aromatic heterocycles. The van der Waals surface area contributed by atoms with Crippen LogP contribution in [0.15, 0.2) is 48.5 Å². The first-order valence-corrected chi connectivity index (χ1v) is 16.5. The van der Waals surface area contributed by atoms with Gasteiger partial charge in [0.05, 0.1) is 10.8 Å². The molecule has 2 aliphatic rings. The molecule has 2 saturated carbocycles. The summed E-state index contributed by atoms with van der Waals surface area (Å²) in [4.78, 5) is 37.1. The second-order valence-electron chi connectivity index (χ2n) is 11.3. The number of anilines is 1. The van der Waals surface area contributed by atoms with E-state index in [9.17, 15) is 31.2 Å². The summed E-state index contributed by atoms with van der Waals surface area (Å²) in [6.45, 7) is -1.36. The number of ether oxygens (including phenoxy) is 1. The number of nitrogens with one attached hydrogen (secondary N) is 2. The van der Waals surface area contributed by atoms with Crippen molar-refractivity contribution in [3.63, 3.8) is 0 Å². The Morgan fingerprint density at radius 2 is 1.69 bits per heavy atom. The smallest absolute Gasteiger partial charge is 0.422 e. The van der Waals surface area contributed by atoms with E-state index in [4.69, 9.17) is 16.3 Å². The molecule has 0 radical (unpaired) electrons. The minimum atomic E-state index is -4.58. The number of Topliss-reactive ketones (excluding diaryl/α,β-unsaturated/α-hetero) is 1. The van der Waals surface area contributed by atoms with E-state index in [0.29, 0.717) is 35.4 Å². The Morgan fingerprint density at radius 1 is 1.00 bits per heavy atom. The summed E-state index contributed by atoms with van der Waals surface area (Å²) < 4.78 is 67.3. The van der Waals surface area contributed by atoms with Gasteiger partial charge in [-0.05, 0) is 67.5 Å². The van der Waals surface area contributed by atoms with Crippen molar-refractivity contribution in [3.05, 3.63) is 76.1 Å². The largest absolute Gasteiger partial charge is 0.454 e. The molecule has 2 aliphatic carbocycles. The van der Waals surface area contributed by atoms with Crippen molar-refractivity contribution in [1.29, 1.82) is 0 Å². The first kappa shape index (κ1) is 32.6.